The van der Waals surface area contributed by atoms with Gasteiger partial charge < -0.3 is 10.1 Å². The van der Waals surface area contributed by atoms with E-state index in [0.717, 1.165) is 0 Å². The van der Waals surface area contributed by atoms with Gasteiger partial charge in [-0.05, 0) is 38.1 Å². The molecule has 7 heteroatoms. The molecule has 1 aromatic carbocycles. The van der Waals surface area contributed by atoms with Crippen LogP contribution in [0, 0.1) is 11.3 Å². The molecule has 1 aromatic heterocycles. The standard InChI is InChI=1S/C16H16N4O3/c1-11(2)20-14(7-8-18-20)19-15(21)10-23-16(22)13-5-3-12(9-17)4-6-13/h3-8,11H,10H2,1-2H3,(H,19,21). The van der Waals surface area contributed by atoms with Crippen LogP contribution in [0.5, 0.6) is 0 Å². The number of nitrogens with one attached hydrogen (secondary N) is 1. The number of nitriles is 1. The molecule has 118 valence electrons. The molecule has 0 unspecified atom stereocenters. The van der Waals surface area contributed by atoms with Gasteiger partial charge in [0.25, 0.3) is 5.91 Å². The zero-order valence-corrected chi connectivity index (χ0v) is 12.8. The first-order valence-electron chi connectivity index (χ1n) is 7.02. The second-order valence-electron chi connectivity index (χ2n) is 5.07. The maximum Gasteiger partial charge on any atom is 0.338 e. The Hall–Kier alpha value is -3.14. The topological polar surface area (TPSA) is 97.0 Å². The van der Waals surface area contributed by atoms with Gasteiger partial charge >= 0.3 is 5.97 Å². The summed E-state index contributed by atoms with van der Waals surface area (Å²) in [5.74, 6) is -0.532. The van der Waals surface area contributed by atoms with Crippen molar-refractivity contribution in [3.8, 4) is 6.07 Å². The van der Waals surface area contributed by atoms with Gasteiger partial charge in [-0.15, -0.1) is 0 Å². The summed E-state index contributed by atoms with van der Waals surface area (Å²) in [6.07, 6.45) is 1.58. The van der Waals surface area contributed by atoms with Crippen molar-refractivity contribution in [2.75, 3.05) is 11.9 Å². The van der Waals surface area contributed by atoms with Crippen molar-refractivity contribution in [2.45, 2.75) is 19.9 Å². The van der Waals surface area contributed by atoms with Crippen LogP contribution < -0.4 is 5.32 Å². The quantitative estimate of drug-likeness (QED) is 0.853. The van der Waals surface area contributed by atoms with Crippen LogP contribution in [0.1, 0.15) is 35.8 Å². The third-order valence-electron chi connectivity index (χ3n) is 3.01. The Balaban J connectivity index is 1.89. The SMILES string of the molecule is CC(C)n1nccc1NC(=O)COC(=O)c1ccc(C#N)cc1. The Labute approximate surface area is 133 Å². The molecule has 1 amide bonds. The van der Waals surface area contributed by atoms with Crippen molar-refractivity contribution in [2.24, 2.45) is 0 Å². The van der Waals surface area contributed by atoms with Gasteiger partial charge in [-0.25, -0.2) is 9.48 Å². The van der Waals surface area contributed by atoms with Crippen LogP contribution in [-0.2, 0) is 9.53 Å². The van der Waals surface area contributed by atoms with Gasteiger partial charge in [0.05, 0.1) is 23.4 Å². The van der Waals surface area contributed by atoms with E-state index in [-0.39, 0.29) is 11.6 Å². The minimum absolute atomic E-state index is 0.0986. The van der Waals surface area contributed by atoms with E-state index in [1.54, 1.807) is 16.9 Å². The summed E-state index contributed by atoms with van der Waals surface area (Å²) in [7, 11) is 0. The molecule has 0 fully saturated rings. The number of ether oxygens (including phenoxy) is 1. The highest BCUT2D eigenvalue weighted by molar-refractivity contribution is 5.95. The summed E-state index contributed by atoms with van der Waals surface area (Å²) in [6.45, 7) is 3.48. The summed E-state index contributed by atoms with van der Waals surface area (Å²) in [4.78, 5) is 23.7. The normalized spacial score (nSPS) is 10.2. The number of aromatic nitrogens is 2. The number of nitrogens with zero attached hydrogens (tertiary/aromatic N) is 3. The van der Waals surface area contributed by atoms with Crippen LogP contribution in [0.25, 0.3) is 0 Å². The minimum Gasteiger partial charge on any atom is -0.452 e. The lowest BCUT2D eigenvalue weighted by atomic mass is 10.1. The van der Waals surface area contributed by atoms with Crippen LogP contribution in [0.2, 0.25) is 0 Å². The number of esters is 1. The second-order valence-corrected chi connectivity index (χ2v) is 5.07. The lowest BCUT2D eigenvalue weighted by molar-refractivity contribution is -0.119. The van der Waals surface area contributed by atoms with Crippen molar-refractivity contribution in [1.82, 2.24) is 9.78 Å². The van der Waals surface area contributed by atoms with Gasteiger partial charge in [0.2, 0.25) is 0 Å². The lowest BCUT2D eigenvalue weighted by Gasteiger charge is -2.11. The molecule has 0 aliphatic heterocycles. The fourth-order valence-corrected chi connectivity index (χ4v) is 1.90. The number of rotatable bonds is 5. The lowest BCUT2D eigenvalue weighted by Crippen LogP contribution is -2.23. The highest BCUT2D eigenvalue weighted by Crippen LogP contribution is 2.13. The van der Waals surface area contributed by atoms with Gasteiger partial charge in [0, 0.05) is 12.1 Å². The Morgan fingerprint density at radius 3 is 2.61 bits per heavy atom. The van der Waals surface area contributed by atoms with E-state index in [9.17, 15) is 9.59 Å². The molecule has 0 spiro atoms. The van der Waals surface area contributed by atoms with Crippen molar-refractivity contribution in [3.05, 3.63) is 47.7 Å². The largest absolute Gasteiger partial charge is 0.452 e. The molecule has 2 rings (SSSR count). The Morgan fingerprint density at radius 1 is 1.30 bits per heavy atom. The highest BCUT2D eigenvalue weighted by atomic mass is 16.5. The molecule has 1 N–H and O–H groups in total. The van der Waals surface area contributed by atoms with Crippen LogP contribution >= 0.6 is 0 Å². The average Bonchev–Trinajstić information content (AvgIpc) is 3.01. The molecule has 0 aliphatic rings. The molecule has 23 heavy (non-hydrogen) atoms. The van der Waals surface area contributed by atoms with E-state index >= 15 is 0 Å². The smallest absolute Gasteiger partial charge is 0.338 e. The van der Waals surface area contributed by atoms with Crippen molar-refractivity contribution in [3.63, 3.8) is 0 Å². The predicted octanol–water partition coefficient (Wildman–Crippen LogP) is 2.13. The Kier molecular flexibility index (Phi) is 5.10. The molecule has 0 atom stereocenters. The van der Waals surface area contributed by atoms with Gasteiger partial charge in [0.15, 0.2) is 6.61 Å². The zero-order chi connectivity index (χ0) is 16.8. The van der Waals surface area contributed by atoms with E-state index in [4.69, 9.17) is 10.00 Å². The third kappa shape index (κ3) is 4.17. The number of hydrogen-bond donors (Lipinski definition) is 1. The monoisotopic (exact) mass is 312 g/mol. The van der Waals surface area contributed by atoms with E-state index < -0.39 is 18.5 Å². The molecular weight excluding hydrogens is 296 g/mol. The molecule has 1 heterocycles. The highest BCUT2D eigenvalue weighted by Gasteiger charge is 2.13. The van der Waals surface area contributed by atoms with Crippen LogP contribution in [0.4, 0.5) is 5.82 Å². The number of carbonyl (C=O) groups excluding carboxylic acids is 2. The minimum atomic E-state index is -0.623. The molecule has 7 nitrogen and oxygen atoms in total. The van der Waals surface area contributed by atoms with Gasteiger partial charge in [-0.1, -0.05) is 0 Å². The Bertz CT molecular complexity index is 741. The van der Waals surface area contributed by atoms with E-state index in [0.29, 0.717) is 11.4 Å². The molecule has 0 radical (unpaired) electrons. The zero-order valence-electron chi connectivity index (χ0n) is 12.8. The predicted molar refractivity (Wildman–Crippen MR) is 82.7 cm³/mol. The number of anilines is 1. The molecule has 0 saturated carbocycles. The van der Waals surface area contributed by atoms with E-state index in [1.165, 1.54) is 24.3 Å². The van der Waals surface area contributed by atoms with Crippen LogP contribution in [-0.4, -0.2) is 28.3 Å². The number of amides is 1. The van der Waals surface area contributed by atoms with Gasteiger partial charge in [-0.3, -0.25) is 4.79 Å². The van der Waals surface area contributed by atoms with Crippen LogP contribution in [0.15, 0.2) is 36.5 Å². The Morgan fingerprint density at radius 2 is 2.00 bits per heavy atom. The summed E-state index contributed by atoms with van der Waals surface area (Å²) in [5, 5.41) is 15.4. The first-order valence-corrected chi connectivity index (χ1v) is 7.02. The van der Waals surface area contributed by atoms with Crippen molar-refractivity contribution in [1.29, 1.82) is 5.26 Å². The second kappa shape index (κ2) is 7.22. The maximum atomic E-state index is 11.8. The van der Waals surface area contributed by atoms with Crippen LogP contribution in [0.3, 0.4) is 0 Å². The van der Waals surface area contributed by atoms with Crippen molar-refractivity contribution < 1.29 is 14.3 Å². The first kappa shape index (κ1) is 16.2. The summed E-state index contributed by atoms with van der Waals surface area (Å²) >= 11 is 0. The van der Waals surface area contributed by atoms with E-state index in [2.05, 4.69) is 10.4 Å². The number of benzene rings is 1. The molecule has 2 aromatic rings. The van der Waals surface area contributed by atoms with Crippen molar-refractivity contribution >= 4 is 17.7 Å². The summed E-state index contributed by atoms with van der Waals surface area (Å²) in [6, 6.07) is 9.70. The summed E-state index contributed by atoms with van der Waals surface area (Å²) in [5.41, 5.74) is 0.727. The molecular formula is C16H16N4O3. The van der Waals surface area contributed by atoms with Gasteiger partial charge in [0.1, 0.15) is 5.82 Å². The molecule has 0 bridgehead atoms. The summed E-state index contributed by atoms with van der Waals surface area (Å²) < 4.78 is 6.60. The molecule has 0 aliphatic carbocycles. The number of carbonyl (C=O) groups is 2. The van der Waals surface area contributed by atoms with E-state index in [1.807, 2.05) is 19.9 Å². The first-order chi connectivity index (χ1) is 11.0. The number of hydrogen-bond acceptors (Lipinski definition) is 5. The average molecular weight is 312 g/mol. The maximum absolute atomic E-state index is 11.8. The fourth-order valence-electron chi connectivity index (χ4n) is 1.90. The molecule has 0 saturated heterocycles. The van der Waals surface area contributed by atoms with Gasteiger partial charge in [-0.2, -0.15) is 10.4 Å². The fraction of sp³-hybridized carbons (Fsp3) is 0.250. The third-order valence-corrected chi connectivity index (χ3v) is 3.01.